The largest absolute Gasteiger partial charge is 0.490 e. The predicted octanol–water partition coefficient (Wildman–Crippen LogP) is 3.18. The SMILES string of the molecule is CCCOc1ccc(C(C)NC(=O)CC(C)N)cc1OCCC. The van der Waals surface area contributed by atoms with Crippen molar-refractivity contribution in [2.75, 3.05) is 13.2 Å². The molecule has 1 amide bonds. The molecule has 0 radical (unpaired) electrons. The lowest BCUT2D eigenvalue weighted by atomic mass is 10.1. The van der Waals surface area contributed by atoms with Crippen LogP contribution in [0.4, 0.5) is 0 Å². The number of amides is 1. The van der Waals surface area contributed by atoms with Crippen molar-refractivity contribution < 1.29 is 14.3 Å². The Kier molecular flexibility index (Phi) is 8.48. The Morgan fingerprint density at radius 2 is 1.74 bits per heavy atom. The molecule has 0 aliphatic rings. The average molecular weight is 322 g/mol. The Morgan fingerprint density at radius 3 is 2.30 bits per heavy atom. The molecule has 0 spiro atoms. The lowest BCUT2D eigenvalue weighted by Crippen LogP contribution is -2.31. The summed E-state index contributed by atoms with van der Waals surface area (Å²) < 4.78 is 11.5. The molecule has 5 nitrogen and oxygen atoms in total. The van der Waals surface area contributed by atoms with E-state index in [0.717, 1.165) is 29.9 Å². The van der Waals surface area contributed by atoms with Gasteiger partial charge >= 0.3 is 0 Å². The molecular formula is C18H30N2O3. The Hall–Kier alpha value is -1.75. The van der Waals surface area contributed by atoms with Crippen molar-refractivity contribution in [1.82, 2.24) is 5.32 Å². The van der Waals surface area contributed by atoms with Gasteiger partial charge in [0, 0.05) is 12.5 Å². The smallest absolute Gasteiger partial charge is 0.222 e. The van der Waals surface area contributed by atoms with Crippen LogP contribution in [0.1, 0.15) is 58.6 Å². The number of carbonyl (C=O) groups is 1. The number of hydrogen-bond acceptors (Lipinski definition) is 4. The maximum Gasteiger partial charge on any atom is 0.222 e. The average Bonchev–Trinajstić information content (AvgIpc) is 2.50. The van der Waals surface area contributed by atoms with Gasteiger partial charge in [0.15, 0.2) is 11.5 Å². The van der Waals surface area contributed by atoms with E-state index in [9.17, 15) is 4.79 Å². The first-order valence-electron chi connectivity index (χ1n) is 8.42. The molecule has 0 aliphatic heterocycles. The van der Waals surface area contributed by atoms with E-state index in [1.165, 1.54) is 0 Å². The van der Waals surface area contributed by atoms with Crippen LogP contribution in [-0.2, 0) is 4.79 Å². The molecule has 0 heterocycles. The lowest BCUT2D eigenvalue weighted by Gasteiger charge is -2.18. The molecule has 5 heteroatoms. The van der Waals surface area contributed by atoms with Crippen LogP contribution < -0.4 is 20.5 Å². The minimum absolute atomic E-state index is 0.0464. The van der Waals surface area contributed by atoms with Crippen molar-refractivity contribution in [3.8, 4) is 11.5 Å². The maximum atomic E-state index is 11.9. The van der Waals surface area contributed by atoms with Crippen molar-refractivity contribution in [2.24, 2.45) is 5.73 Å². The van der Waals surface area contributed by atoms with Gasteiger partial charge in [0.1, 0.15) is 0 Å². The molecule has 130 valence electrons. The number of nitrogens with one attached hydrogen (secondary N) is 1. The van der Waals surface area contributed by atoms with Crippen molar-refractivity contribution >= 4 is 5.91 Å². The van der Waals surface area contributed by atoms with Crippen molar-refractivity contribution in [1.29, 1.82) is 0 Å². The van der Waals surface area contributed by atoms with Gasteiger partial charge in [-0.2, -0.15) is 0 Å². The quantitative estimate of drug-likeness (QED) is 0.694. The highest BCUT2D eigenvalue weighted by Gasteiger charge is 2.14. The van der Waals surface area contributed by atoms with Crippen LogP contribution in [0.3, 0.4) is 0 Å². The van der Waals surface area contributed by atoms with E-state index in [4.69, 9.17) is 15.2 Å². The normalized spacial score (nSPS) is 13.3. The highest BCUT2D eigenvalue weighted by atomic mass is 16.5. The lowest BCUT2D eigenvalue weighted by molar-refractivity contribution is -0.122. The molecule has 0 bridgehead atoms. The van der Waals surface area contributed by atoms with Gasteiger partial charge < -0.3 is 20.5 Å². The van der Waals surface area contributed by atoms with Gasteiger partial charge in [-0.3, -0.25) is 4.79 Å². The second-order valence-electron chi connectivity index (χ2n) is 5.87. The highest BCUT2D eigenvalue weighted by Crippen LogP contribution is 2.31. The molecule has 1 aromatic rings. The van der Waals surface area contributed by atoms with E-state index in [1.54, 1.807) is 0 Å². The number of ether oxygens (including phenoxy) is 2. The molecule has 1 aromatic carbocycles. The summed E-state index contributed by atoms with van der Waals surface area (Å²) in [6.45, 7) is 9.19. The number of hydrogen-bond donors (Lipinski definition) is 2. The van der Waals surface area contributed by atoms with Gasteiger partial charge in [-0.1, -0.05) is 19.9 Å². The van der Waals surface area contributed by atoms with Crippen molar-refractivity contribution in [2.45, 2.75) is 59.0 Å². The van der Waals surface area contributed by atoms with E-state index in [0.29, 0.717) is 19.6 Å². The van der Waals surface area contributed by atoms with Crippen LogP contribution in [0.2, 0.25) is 0 Å². The Labute approximate surface area is 139 Å². The molecular weight excluding hydrogens is 292 g/mol. The highest BCUT2D eigenvalue weighted by molar-refractivity contribution is 5.77. The van der Waals surface area contributed by atoms with E-state index in [-0.39, 0.29) is 18.0 Å². The summed E-state index contributed by atoms with van der Waals surface area (Å²) in [4.78, 5) is 11.9. The van der Waals surface area contributed by atoms with E-state index in [2.05, 4.69) is 19.2 Å². The van der Waals surface area contributed by atoms with E-state index < -0.39 is 0 Å². The first-order valence-corrected chi connectivity index (χ1v) is 8.42. The van der Waals surface area contributed by atoms with E-state index in [1.807, 2.05) is 32.0 Å². The summed E-state index contributed by atoms with van der Waals surface area (Å²) in [6.07, 6.45) is 2.19. The van der Waals surface area contributed by atoms with Crippen molar-refractivity contribution in [3.63, 3.8) is 0 Å². The number of nitrogens with two attached hydrogens (primary N) is 1. The standard InChI is InChI=1S/C18H30N2O3/c1-5-9-22-16-8-7-15(12-17(16)23-10-6-2)14(4)20-18(21)11-13(3)19/h7-8,12-14H,5-6,9-11,19H2,1-4H3,(H,20,21). The molecule has 0 saturated heterocycles. The second-order valence-corrected chi connectivity index (χ2v) is 5.87. The molecule has 0 aromatic heterocycles. The summed E-state index contributed by atoms with van der Waals surface area (Å²) in [5.74, 6) is 1.43. The van der Waals surface area contributed by atoms with Crippen LogP contribution in [0.5, 0.6) is 11.5 Å². The molecule has 0 aliphatic carbocycles. The van der Waals surface area contributed by atoms with Crippen LogP contribution >= 0.6 is 0 Å². The molecule has 0 fully saturated rings. The number of carbonyl (C=O) groups excluding carboxylic acids is 1. The number of benzene rings is 1. The Bertz CT molecular complexity index is 489. The third-order valence-electron chi connectivity index (χ3n) is 3.28. The fourth-order valence-electron chi connectivity index (χ4n) is 2.13. The zero-order chi connectivity index (χ0) is 17.2. The summed E-state index contributed by atoms with van der Waals surface area (Å²) in [5, 5.41) is 2.96. The van der Waals surface area contributed by atoms with Crippen LogP contribution in [-0.4, -0.2) is 25.2 Å². The second kappa shape index (κ2) is 10.1. The van der Waals surface area contributed by atoms with Gasteiger partial charge in [0.2, 0.25) is 5.91 Å². The van der Waals surface area contributed by atoms with E-state index >= 15 is 0 Å². The van der Waals surface area contributed by atoms with Gasteiger partial charge in [0.05, 0.1) is 19.3 Å². The summed E-state index contributed by atoms with van der Waals surface area (Å²) in [7, 11) is 0. The zero-order valence-corrected chi connectivity index (χ0v) is 14.7. The van der Waals surface area contributed by atoms with Crippen LogP contribution in [0, 0.1) is 0 Å². The number of rotatable bonds is 10. The third-order valence-corrected chi connectivity index (χ3v) is 3.28. The van der Waals surface area contributed by atoms with Crippen LogP contribution in [0.15, 0.2) is 18.2 Å². The fraction of sp³-hybridized carbons (Fsp3) is 0.611. The molecule has 2 unspecified atom stereocenters. The molecule has 23 heavy (non-hydrogen) atoms. The fourth-order valence-corrected chi connectivity index (χ4v) is 2.13. The van der Waals surface area contributed by atoms with Gasteiger partial charge in [-0.05, 0) is 44.4 Å². The minimum atomic E-state index is -0.143. The van der Waals surface area contributed by atoms with Gasteiger partial charge in [0.25, 0.3) is 0 Å². The minimum Gasteiger partial charge on any atom is -0.490 e. The Balaban J connectivity index is 2.83. The first kappa shape index (κ1) is 19.3. The summed E-state index contributed by atoms with van der Waals surface area (Å²) >= 11 is 0. The third kappa shape index (κ3) is 6.91. The molecule has 3 N–H and O–H groups in total. The van der Waals surface area contributed by atoms with Crippen molar-refractivity contribution in [3.05, 3.63) is 23.8 Å². The molecule has 1 rings (SSSR count). The molecule has 2 atom stereocenters. The van der Waals surface area contributed by atoms with Gasteiger partial charge in [-0.15, -0.1) is 0 Å². The summed E-state index contributed by atoms with van der Waals surface area (Å²) in [6, 6.07) is 5.56. The first-order chi connectivity index (χ1) is 11.0. The monoisotopic (exact) mass is 322 g/mol. The summed E-state index contributed by atoms with van der Waals surface area (Å²) in [5.41, 5.74) is 6.64. The zero-order valence-electron chi connectivity index (χ0n) is 14.7. The van der Waals surface area contributed by atoms with Gasteiger partial charge in [-0.25, -0.2) is 0 Å². The van der Waals surface area contributed by atoms with Crippen LogP contribution in [0.25, 0.3) is 0 Å². The maximum absolute atomic E-state index is 11.9. The molecule has 0 saturated carbocycles. The topological polar surface area (TPSA) is 73.6 Å². The Morgan fingerprint density at radius 1 is 1.13 bits per heavy atom. The predicted molar refractivity (Wildman–Crippen MR) is 92.8 cm³/mol.